The minimum atomic E-state index is -0.813. The Bertz CT molecular complexity index is 335. The van der Waals surface area contributed by atoms with E-state index >= 15 is 0 Å². The van der Waals surface area contributed by atoms with Crippen LogP contribution >= 0.6 is 0 Å². The maximum Gasteiger partial charge on any atom is 0.308 e. The van der Waals surface area contributed by atoms with Crippen molar-refractivity contribution in [2.75, 3.05) is 6.61 Å². The maximum atomic E-state index is 11.5. The van der Waals surface area contributed by atoms with Crippen LogP contribution in [0.4, 0.5) is 0 Å². The summed E-state index contributed by atoms with van der Waals surface area (Å²) in [6, 6.07) is 0. The molecule has 1 saturated heterocycles. The molecule has 1 aliphatic heterocycles. The highest BCUT2D eigenvalue weighted by Gasteiger charge is 2.35. The van der Waals surface area contributed by atoms with Crippen molar-refractivity contribution in [2.45, 2.75) is 84.1 Å². The van der Waals surface area contributed by atoms with Gasteiger partial charge in [0.2, 0.25) is 0 Å². The van der Waals surface area contributed by atoms with Gasteiger partial charge in [0.05, 0.1) is 30.8 Å². The highest BCUT2D eigenvalue weighted by Crippen LogP contribution is 2.23. The first-order valence-corrected chi connectivity index (χ1v) is 8.18. The average molecular weight is 318 g/mol. The van der Waals surface area contributed by atoms with Crippen molar-refractivity contribution in [3.8, 4) is 0 Å². The van der Waals surface area contributed by atoms with Gasteiger partial charge in [-0.1, -0.05) is 13.3 Å². The van der Waals surface area contributed by atoms with E-state index in [9.17, 15) is 15.0 Å². The van der Waals surface area contributed by atoms with Crippen molar-refractivity contribution < 1.29 is 29.2 Å². The molecule has 6 heteroatoms. The molecule has 0 aromatic carbocycles. The van der Waals surface area contributed by atoms with Crippen LogP contribution in [0.3, 0.4) is 0 Å². The SMILES string of the molecule is CCOC(=O)C(C)CCC[C@@H](C)O[C@@H]1O[C@@H](C)[C@H](O)C[C@H]1O. The molecule has 0 radical (unpaired) electrons. The lowest BCUT2D eigenvalue weighted by Gasteiger charge is -2.36. The molecule has 0 amide bonds. The molecule has 1 unspecified atom stereocenters. The standard InChI is InChI=1S/C16H30O6/c1-5-20-15(19)10(2)7-6-8-11(3)21-16-14(18)9-13(17)12(4)22-16/h10-14,16-18H,5-9H2,1-4H3/t10?,11-,12+,13-,14-,16-/m1/s1. The van der Waals surface area contributed by atoms with Gasteiger partial charge in [-0.05, 0) is 33.6 Å². The zero-order valence-corrected chi connectivity index (χ0v) is 14.0. The zero-order chi connectivity index (χ0) is 16.7. The van der Waals surface area contributed by atoms with Gasteiger partial charge < -0.3 is 24.4 Å². The first-order chi connectivity index (χ1) is 10.3. The van der Waals surface area contributed by atoms with Crippen LogP contribution in [-0.2, 0) is 19.0 Å². The predicted octanol–water partition coefficient (Wildman–Crippen LogP) is 1.62. The Morgan fingerprint density at radius 3 is 2.59 bits per heavy atom. The zero-order valence-electron chi connectivity index (χ0n) is 14.0. The van der Waals surface area contributed by atoms with E-state index in [-0.39, 0.29) is 30.5 Å². The fraction of sp³-hybridized carbons (Fsp3) is 0.938. The summed E-state index contributed by atoms with van der Waals surface area (Å²) in [6.45, 7) is 7.75. The van der Waals surface area contributed by atoms with E-state index in [0.29, 0.717) is 6.61 Å². The summed E-state index contributed by atoms with van der Waals surface area (Å²) in [6.07, 6.45) is 0.0170. The van der Waals surface area contributed by atoms with Crippen molar-refractivity contribution >= 4 is 5.97 Å². The number of rotatable bonds is 8. The summed E-state index contributed by atoms with van der Waals surface area (Å²) in [5.41, 5.74) is 0. The second-order valence-corrected chi connectivity index (χ2v) is 6.11. The van der Waals surface area contributed by atoms with Gasteiger partial charge in [-0.3, -0.25) is 4.79 Å². The number of aliphatic hydroxyl groups excluding tert-OH is 2. The van der Waals surface area contributed by atoms with E-state index < -0.39 is 18.5 Å². The number of aliphatic hydroxyl groups is 2. The summed E-state index contributed by atoms with van der Waals surface area (Å²) < 4.78 is 16.2. The van der Waals surface area contributed by atoms with Crippen LogP contribution in [0.15, 0.2) is 0 Å². The molecule has 0 aromatic rings. The van der Waals surface area contributed by atoms with E-state index in [1.165, 1.54) is 0 Å². The molecule has 130 valence electrons. The van der Waals surface area contributed by atoms with Crippen LogP contribution in [0, 0.1) is 5.92 Å². The highest BCUT2D eigenvalue weighted by molar-refractivity contribution is 5.71. The van der Waals surface area contributed by atoms with Crippen LogP contribution in [0.1, 0.15) is 53.4 Å². The van der Waals surface area contributed by atoms with Gasteiger partial charge >= 0.3 is 5.97 Å². The second kappa shape index (κ2) is 9.45. The van der Waals surface area contributed by atoms with Crippen molar-refractivity contribution in [1.82, 2.24) is 0 Å². The molecule has 0 aliphatic carbocycles. The monoisotopic (exact) mass is 318 g/mol. The van der Waals surface area contributed by atoms with E-state index in [2.05, 4.69) is 0 Å². The normalized spacial score (nSPS) is 31.5. The Morgan fingerprint density at radius 1 is 1.27 bits per heavy atom. The van der Waals surface area contributed by atoms with Crippen molar-refractivity contribution in [3.05, 3.63) is 0 Å². The first-order valence-electron chi connectivity index (χ1n) is 8.18. The second-order valence-electron chi connectivity index (χ2n) is 6.11. The number of ether oxygens (including phenoxy) is 3. The molecule has 1 fully saturated rings. The lowest BCUT2D eigenvalue weighted by Crippen LogP contribution is -2.48. The highest BCUT2D eigenvalue weighted by atomic mass is 16.7. The fourth-order valence-electron chi connectivity index (χ4n) is 2.48. The number of esters is 1. The third kappa shape index (κ3) is 6.20. The Hall–Kier alpha value is -0.690. The number of carbonyl (C=O) groups excluding carboxylic acids is 1. The summed E-state index contributed by atoms with van der Waals surface area (Å²) in [4.78, 5) is 11.5. The van der Waals surface area contributed by atoms with Crippen molar-refractivity contribution in [1.29, 1.82) is 0 Å². The van der Waals surface area contributed by atoms with Gasteiger partial charge in [0.15, 0.2) is 6.29 Å². The van der Waals surface area contributed by atoms with E-state index in [4.69, 9.17) is 14.2 Å². The molecule has 6 atom stereocenters. The maximum absolute atomic E-state index is 11.5. The molecule has 0 aromatic heterocycles. The number of hydrogen-bond donors (Lipinski definition) is 2. The molecule has 22 heavy (non-hydrogen) atoms. The Balaban J connectivity index is 2.25. The first kappa shape index (κ1) is 19.4. The molecule has 0 bridgehead atoms. The smallest absolute Gasteiger partial charge is 0.308 e. The molecule has 6 nitrogen and oxygen atoms in total. The Kier molecular flexibility index (Phi) is 8.31. The van der Waals surface area contributed by atoms with Crippen LogP contribution in [0.5, 0.6) is 0 Å². The van der Waals surface area contributed by atoms with Crippen LogP contribution in [-0.4, -0.2) is 53.5 Å². The third-order valence-corrected chi connectivity index (χ3v) is 3.99. The van der Waals surface area contributed by atoms with Crippen LogP contribution in [0.25, 0.3) is 0 Å². The number of carbonyl (C=O) groups is 1. The lowest BCUT2D eigenvalue weighted by atomic mass is 10.0. The van der Waals surface area contributed by atoms with Gasteiger partial charge in [0.25, 0.3) is 0 Å². The minimum Gasteiger partial charge on any atom is -0.466 e. The van der Waals surface area contributed by atoms with Gasteiger partial charge in [-0.25, -0.2) is 0 Å². The van der Waals surface area contributed by atoms with E-state index in [1.807, 2.05) is 13.8 Å². The van der Waals surface area contributed by atoms with Crippen LogP contribution < -0.4 is 0 Å². The molecule has 0 spiro atoms. The van der Waals surface area contributed by atoms with Gasteiger partial charge in [-0.15, -0.1) is 0 Å². The molecule has 1 heterocycles. The average Bonchev–Trinajstić information content (AvgIpc) is 2.44. The van der Waals surface area contributed by atoms with Crippen molar-refractivity contribution in [2.24, 2.45) is 5.92 Å². The predicted molar refractivity (Wildman–Crippen MR) is 81.2 cm³/mol. The Morgan fingerprint density at radius 2 is 1.95 bits per heavy atom. The van der Waals surface area contributed by atoms with Gasteiger partial charge in [0, 0.05) is 6.42 Å². The molecule has 1 rings (SSSR count). The molecule has 1 aliphatic rings. The topological polar surface area (TPSA) is 85.2 Å². The van der Waals surface area contributed by atoms with Crippen LogP contribution in [0.2, 0.25) is 0 Å². The number of hydrogen-bond acceptors (Lipinski definition) is 6. The Labute approximate surface area is 132 Å². The quantitative estimate of drug-likeness (QED) is 0.662. The fourth-order valence-corrected chi connectivity index (χ4v) is 2.48. The molecular weight excluding hydrogens is 288 g/mol. The summed E-state index contributed by atoms with van der Waals surface area (Å²) >= 11 is 0. The third-order valence-electron chi connectivity index (χ3n) is 3.99. The van der Waals surface area contributed by atoms with Gasteiger partial charge in [-0.2, -0.15) is 0 Å². The van der Waals surface area contributed by atoms with Crippen molar-refractivity contribution in [3.63, 3.8) is 0 Å². The summed E-state index contributed by atoms with van der Waals surface area (Å²) in [5.74, 6) is -0.274. The molecular formula is C16H30O6. The van der Waals surface area contributed by atoms with E-state index in [1.54, 1.807) is 13.8 Å². The largest absolute Gasteiger partial charge is 0.466 e. The van der Waals surface area contributed by atoms with Gasteiger partial charge in [0.1, 0.15) is 6.10 Å². The molecule has 2 N–H and O–H groups in total. The lowest BCUT2D eigenvalue weighted by molar-refractivity contribution is -0.273. The minimum absolute atomic E-state index is 0.0866. The summed E-state index contributed by atoms with van der Waals surface area (Å²) in [7, 11) is 0. The molecule has 0 saturated carbocycles. The summed E-state index contributed by atoms with van der Waals surface area (Å²) in [5, 5.41) is 19.5. The van der Waals surface area contributed by atoms with E-state index in [0.717, 1.165) is 19.3 Å².